The Morgan fingerprint density at radius 1 is 1.36 bits per heavy atom. The fourth-order valence-corrected chi connectivity index (χ4v) is 2.70. The van der Waals surface area contributed by atoms with E-state index < -0.39 is 9.84 Å². The lowest BCUT2D eigenvalue weighted by molar-refractivity contribution is 0.301. The molecule has 86 valence electrons. The normalized spacial score (nSPS) is 15.5. The third-order valence-electron chi connectivity index (χ3n) is 2.40. The van der Waals surface area contributed by atoms with E-state index in [2.05, 4.69) is 13.8 Å². The molecule has 0 aliphatic rings. The first-order valence-electron chi connectivity index (χ1n) is 5.14. The van der Waals surface area contributed by atoms with Crippen LogP contribution in [0.2, 0.25) is 0 Å². The molecule has 0 aromatic rings. The molecule has 0 bridgehead atoms. The van der Waals surface area contributed by atoms with Crippen LogP contribution in [0.3, 0.4) is 0 Å². The van der Waals surface area contributed by atoms with Crippen molar-refractivity contribution in [3.8, 4) is 0 Å². The summed E-state index contributed by atoms with van der Waals surface area (Å²) < 4.78 is 22.6. The average Bonchev–Trinajstić information content (AvgIpc) is 1.99. The first-order chi connectivity index (χ1) is 6.18. The fourth-order valence-electron chi connectivity index (χ4n) is 1.55. The Morgan fingerprint density at radius 3 is 2.21 bits per heavy atom. The van der Waals surface area contributed by atoms with E-state index in [1.807, 2.05) is 6.92 Å². The van der Waals surface area contributed by atoms with E-state index in [9.17, 15) is 8.42 Å². The van der Waals surface area contributed by atoms with Crippen LogP contribution in [0.15, 0.2) is 0 Å². The van der Waals surface area contributed by atoms with Crippen molar-refractivity contribution in [2.24, 2.45) is 11.1 Å². The minimum atomic E-state index is -2.83. The summed E-state index contributed by atoms with van der Waals surface area (Å²) in [6.07, 6.45) is 1.57. The van der Waals surface area contributed by atoms with Crippen LogP contribution in [-0.2, 0) is 9.84 Å². The predicted octanol–water partition coefficient (Wildman–Crippen LogP) is 1.57. The lowest BCUT2D eigenvalue weighted by Crippen LogP contribution is -2.27. The van der Waals surface area contributed by atoms with E-state index in [-0.39, 0.29) is 23.0 Å². The van der Waals surface area contributed by atoms with Gasteiger partial charge in [0.2, 0.25) is 0 Å². The standard InChI is InChI=1S/C10H23NO2S/c1-5-14(12,13)7-6-10(3,4)8-9(2)11/h9H,5-8,11H2,1-4H3. The molecule has 0 amide bonds. The zero-order valence-electron chi connectivity index (χ0n) is 9.71. The highest BCUT2D eigenvalue weighted by molar-refractivity contribution is 7.91. The molecule has 0 rings (SSSR count). The van der Waals surface area contributed by atoms with Gasteiger partial charge in [-0.1, -0.05) is 20.8 Å². The van der Waals surface area contributed by atoms with Gasteiger partial charge in [0.25, 0.3) is 0 Å². The molecule has 1 unspecified atom stereocenters. The highest BCUT2D eigenvalue weighted by atomic mass is 32.2. The molecule has 14 heavy (non-hydrogen) atoms. The van der Waals surface area contributed by atoms with Gasteiger partial charge >= 0.3 is 0 Å². The average molecular weight is 221 g/mol. The van der Waals surface area contributed by atoms with Crippen molar-refractivity contribution in [3.63, 3.8) is 0 Å². The quantitative estimate of drug-likeness (QED) is 0.740. The molecule has 2 N–H and O–H groups in total. The third kappa shape index (κ3) is 6.38. The van der Waals surface area contributed by atoms with Gasteiger partial charge in [0.1, 0.15) is 9.84 Å². The Hall–Kier alpha value is -0.0900. The van der Waals surface area contributed by atoms with Crippen LogP contribution in [0.1, 0.15) is 40.5 Å². The highest BCUT2D eigenvalue weighted by Gasteiger charge is 2.22. The second-order valence-electron chi connectivity index (χ2n) is 4.83. The monoisotopic (exact) mass is 221 g/mol. The van der Waals surface area contributed by atoms with Crippen molar-refractivity contribution in [1.29, 1.82) is 0 Å². The molecule has 0 saturated carbocycles. The van der Waals surface area contributed by atoms with Crippen molar-refractivity contribution >= 4 is 9.84 Å². The Morgan fingerprint density at radius 2 is 1.86 bits per heavy atom. The lowest BCUT2D eigenvalue weighted by atomic mass is 9.84. The van der Waals surface area contributed by atoms with Crippen molar-refractivity contribution in [3.05, 3.63) is 0 Å². The Bertz CT molecular complexity index is 255. The van der Waals surface area contributed by atoms with Gasteiger partial charge in [0.15, 0.2) is 0 Å². The van der Waals surface area contributed by atoms with Crippen molar-refractivity contribution in [1.82, 2.24) is 0 Å². The van der Waals surface area contributed by atoms with Crippen LogP contribution in [0.25, 0.3) is 0 Å². The van der Waals surface area contributed by atoms with E-state index in [1.165, 1.54) is 0 Å². The smallest absolute Gasteiger partial charge is 0.150 e. The largest absolute Gasteiger partial charge is 0.328 e. The van der Waals surface area contributed by atoms with E-state index in [1.54, 1.807) is 6.92 Å². The van der Waals surface area contributed by atoms with Crippen molar-refractivity contribution in [2.75, 3.05) is 11.5 Å². The molecule has 0 spiro atoms. The van der Waals surface area contributed by atoms with E-state index >= 15 is 0 Å². The van der Waals surface area contributed by atoms with Gasteiger partial charge in [-0.05, 0) is 25.2 Å². The minimum absolute atomic E-state index is 0.0242. The number of rotatable bonds is 6. The van der Waals surface area contributed by atoms with E-state index in [4.69, 9.17) is 5.73 Å². The van der Waals surface area contributed by atoms with Crippen LogP contribution in [0.5, 0.6) is 0 Å². The van der Waals surface area contributed by atoms with Crippen LogP contribution >= 0.6 is 0 Å². The van der Waals surface area contributed by atoms with Gasteiger partial charge in [0.05, 0.1) is 5.75 Å². The second kappa shape index (κ2) is 5.12. The number of hydrogen-bond acceptors (Lipinski definition) is 3. The third-order valence-corrected chi connectivity index (χ3v) is 4.11. The minimum Gasteiger partial charge on any atom is -0.328 e. The maximum atomic E-state index is 11.3. The summed E-state index contributed by atoms with van der Waals surface area (Å²) in [5.41, 5.74) is 5.73. The van der Waals surface area contributed by atoms with Gasteiger partial charge < -0.3 is 5.73 Å². The molecule has 0 aromatic heterocycles. The fraction of sp³-hybridized carbons (Fsp3) is 1.00. The summed E-state index contributed by atoms with van der Waals surface area (Å²) in [4.78, 5) is 0. The van der Waals surface area contributed by atoms with E-state index in [0.29, 0.717) is 6.42 Å². The molecule has 4 heteroatoms. The number of sulfone groups is 1. The summed E-state index contributed by atoms with van der Waals surface area (Å²) in [5.74, 6) is 0.518. The van der Waals surface area contributed by atoms with Gasteiger partial charge in [-0.15, -0.1) is 0 Å². The van der Waals surface area contributed by atoms with Gasteiger partial charge in [-0.3, -0.25) is 0 Å². The molecule has 0 saturated heterocycles. The molecular weight excluding hydrogens is 198 g/mol. The first-order valence-corrected chi connectivity index (χ1v) is 6.97. The van der Waals surface area contributed by atoms with Crippen LogP contribution < -0.4 is 5.73 Å². The summed E-state index contributed by atoms with van der Waals surface area (Å²) in [7, 11) is -2.83. The molecule has 1 atom stereocenters. The summed E-state index contributed by atoms with van der Waals surface area (Å²) in [5, 5.41) is 0. The summed E-state index contributed by atoms with van der Waals surface area (Å²) >= 11 is 0. The first kappa shape index (κ1) is 13.9. The Labute approximate surface area is 88.0 Å². The van der Waals surface area contributed by atoms with Crippen LogP contribution in [0.4, 0.5) is 0 Å². The maximum absolute atomic E-state index is 11.3. The van der Waals surface area contributed by atoms with Crippen LogP contribution in [-0.4, -0.2) is 26.0 Å². The molecule has 0 heterocycles. The van der Waals surface area contributed by atoms with Crippen molar-refractivity contribution < 1.29 is 8.42 Å². The molecular formula is C10H23NO2S. The topological polar surface area (TPSA) is 60.2 Å². The zero-order valence-corrected chi connectivity index (χ0v) is 10.5. The molecule has 0 fully saturated rings. The Kier molecular flexibility index (Phi) is 5.09. The van der Waals surface area contributed by atoms with E-state index in [0.717, 1.165) is 6.42 Å². The summed E-state index contributed by atoms with van der Waals surface area (Å²) in [6.45, 7) is 7.78. The van der Waals surface area contributed by atoms with Gasteiger partial charge in [-0.2, -0.15) is 0 Å². The number of nitrogens with two attached hydrogens (primary N) is 1. The van der Waals surface area contributed by atoms with Crippen LogP contribution in [0, 0.1) is 5.41 Å². The molecule has 0 aromatic carbocycles. The highest BCUT2D eigenvalue weighted by Crippen LogP contribution is 2.26. The number of hydrogen-bond donors (Lipinski definition) is 1. The lowest BCUT2D eigenvalue weighted by Gasteiger charge is -2.26. The Balaban J connectivity index is 4.12. The zero-order chi connectivity index (χ0) is 11.4. The SMILES string of the molecule is CCS(=O)(=O)CCC(C)(C)CC(C)N. The molecule has 0 aliphatic carbocycles. The van der Waals surface area contributed by atoms with Crippen molar-refractivity contribution in [2.45, 2.75) is 46.6 Å². The second-order valence-corrected chi connectivity index (χ2v) is 7.30. The maximum Gasteiger partial charge on any atom is 0.150 e. The molecule has 3 nitrogen and oxygen atoms in total. The molecule has 0 radical (unpaired) electrons. The molecule has 0 aliphatic heterocycles. The summed E-state index contributed by atoms with van der Waals surface area (Å²) in [6, 6.07) is 0.134. The predicted molar refractivity (Wildman–Crippen MR) is 61.0 cm³/mol. The van der Waals surface area contributed by atoms with Gasteiger partial charge in [-0.25, -0.2) is 8.42 Å². The van der Waals surface area contributed by atoms with Gasteiger partial charge in [0, 0.05) is 11.8 Å².